The molecule has 0 radical (unpaired) electrons. The number of hydrogen-bond acceptors (Lipinski definition) is 1. The zero-order chi connectivity index (χ0) is 13.1. The number of allylic oxidation sites excluding steroid dienone is 4. The second kappa shape index (κ2) is 5.15. The predicted octanol–water partition coefficient (Wildman–Crippen LogP) is 4.35. The van der Waals surface area contributed by atoms with Gasteiger partial charge in [0.1, 0.15) is 5.75 Å². The van der Waals surface area contributed by atoms with Crippen molar-refractivity contribution in [3.63, 3.8) is 0 Å². The van der Waals surface area contributed by atoms with E-state index in [1.807, 2.05) is 18.2 Å². The average Bonchev–Trinajstić information content (AvgIpc) is 2.91. The molecule has 2 aromatic carbocycles. The number of rotatable bonds is 3. The second-order valence-electron chi connectivity index (χ2n) is 4.90. The number of aromatic hydroxyl groups is 1. The molecule has 94 valence electrons. The van der Waals surface area contributed by atoms with Gasteiger partial charge < -0.3 is 5.11 Å². The Morgan fingerprint density at radius 3 is 2.32 bits per heavy atom. The first-order chi connectivity index (χ1) is 9.31. The summed E-state index contributed by atoms with van der Waals surface area (Å²) in [6.45, 7) is 0. The van der Waals surface area contributed by atoms with Gasteiger partial charge in [-0.1, -0.05) is 60.2 Å². The minimum absolute atomic E-state index is 0.326. The molecule has 19 heavy (non-hydrogen) atoms. The minimum atomic E-state index is 0.326. The molecule has 0 bridgehead atoms. The highest BCUT2D eigenvalue weighted by atomic mass is 16.3. The van der Waals surface area contributed by atoms with Gasteiger partial charge in [-0.2, -0.15) is 0 Å². The van der Waals surface area contributed by atoms with Crippen molar-refractivity contribution in [1.29, 1.82) is 0 Å². The van der Waals surface area contributed by atoms with Crippen LogP contribution in [-0.2, 0) is 6.42 Å². The second-order valence-corrected chi connectivity index (χ2v) is 4.90. The summed E-state index contributed by atoms with van der Waals surface area (Å²) in [5.74, 6) is 0.326. The Labute approximate surface area is 113 Å². The smallest absolute Gasteiger partial charge is 0.115 e. The quantitative estimate of drug-likeness (QED) is 0.856. The minimum Gasteiger partial charge on any atom is -0.508 e. The molecular formula is C18H16O. The predicted molar refractivity (Wildman–Crippen MR) is 78.9 cm³/mol. The molecule has 0 heterocycles. The molecular weight excluding hydrogens is 232 g/mol. The number of benzene rings is 2. The van der Waals surface area contributed by atoms with E-state index in [0.717, 1.165) is 12.8 Å². The van der Waals surface area contributed by atoms with Gasteiger partial charge in [0.2, 0.25) is 0 Å². The zero-order valence-corrected chi connectivity index (χ0v) is 10.7. The lowest BCUT2D eigenvalue weighted by molar-refractivity contribution is 0.475. The lowest BCUT2D eigenvalue weighted by Gasteiger charge is -2.06. The van der Waals surface area contributed by atoms with E-state index in [1.54, 1.807) is 12.1 Å². The van der Waals surface area contributed by atoms with E-state index in [0.29, 0.717) is 5.75 Å². The van der Waals surface area contributed by atoms with Gasteiger partial charge >= 0.3 is 0 Å². The SMILES string of the molecule is Oc1ccc(CC2=CC=C(c3ccccc3)C2)cc1. The largest absolute Gasteiger partial charge is 0.508 e. The fourth-order valence-electron chi connectivity index (χ4n) is 2.43. The molecule has 0 spiro atoms. The van der Waals surface area contributed by atoms with Crippen LogP contribution in [-0.4, -0.2) is 5.11 Å². The van der Waals surface area contributed by atoms with E-state index in [1.165, 1.54) is 22.3 Å². The van der Waals surface area contributed by atoms with E-state index < -0.39 is 0 Å². The van der Waals surface area contributed by atoms with Crippen LogP contribution in [0.2, 0.25) is 0 Å². The van der Waals surface area contributed by atoms with Crippen molar-refractivity contribution in [3.8, 4) is 5.75 Å². The standard InChI is InChI=1S/C18H16O/c19-18-10-7-14(8-11-18)12-15-6-9-17(13-15)16-4-2-1-3-5-16/h1-11,19H,12-13H2. The Balaban J connectivity index is 1.66. The maximum absolute atomic E-state index is 9.28. The molecule has 1 N–H and O–H groups in total. The number of hydrogen-bond donors (Lipinski definition) is 1. The summed E-state index contributed by atoms with van der Waals surface area (Å²) in [4.78, 5) is 0. The first-order valence-electron chi connectivity index (χ1n) is 6.53. The highest BCUT2D eigenvalue weighted by Crippen LogP contribution is 2.29. The van der Waals surface area contributed by atoms with Crippen molar-refractivity contribution in [3.05, 3.63) is 83.4 Å². The van der Waals surface area contributed by atoms with Crippen molar-refractivity contribution in [2.24, 2.45) is 0 Å². The molecule has 0 fully saturated rings. The van der Waals surface area contributed by atoms with Crippen molar-refractivity contribution >= 4 is 5.57 Å². The van der Waals surface area contributed by atoms with Crippen LogP contribution < -0.4 is 0 Å². The summed E-state index contributed by atoms with van der Waals surface area (Å²) in [5, 5.41) is 9.28. The van der Waals surface area contributed by atoms with Crippen LogP contribution in [0.5, 0.6) is 5.75 Å². The van der Waals surface area contributed by atoms with E-state index in [4.69, 9.17) is 0 Å². The Bertz CT molecular complexity index is 618. The van der Waals surface area contributed by atoms with Crippen molar-refractivity contribution < 1.29 is 5.11 Å². The fraction of sp³-hybridized carbons (Fsp3) is 0.111. The highest BCUT2D eigenvalue weighted by molar-refractivity contribution is 5.72. The van der Waals surface area contributed by atoms with Gasteiger partial charge in [0, 0.05) is 0 Å². The van der Waals surface area contributed by atoms with E-state index in [2.05, 4.69) is 36.4 Å². The summed E-state index contributed by atoms with van der Waals surface area (Å²) in [5.41, 5.74) is 5.35. The van der Waals surface area contributed by atoms with Gasteiger partial charge in [0.25, 0.3) is 0 Å². The van der Waals surface area contributed by atoms with E-state index >= 15 is 0 Å². The molecule has 1 aliphatic rings. The molecule has 0 saturated carbocycles. The lowest BCUT2D eigenvalue weighted by atomic mass is 9.99. The Morgan fingerprint density at radius 2 is 1.58 bits per heavy atom. The van der Waals surface area contributed by atoms with Crippen LogP contribution in [0.25, 0.3) is 5.57 Å². The monoisotopic (exact) mass is 248 g/mol. The zero-order valence-electron chi connectivity index (χ0n) is 10.7. The third kappa shape index (κ3) is 2.76. The lowest BCUT2D eigenvalue weighted by Crippen LogP contribution is -1.89. The van der Waals surface area contributed by atoms with Crippen LogP contribution in [0.3, 0.4) is 0 Å². The molecule has 0 aromatic heterocycles. The maximum Gasteiger partial charge on any atom is 0.115 e. The average molecular weight is 248 g/mol. The summed E-state index contributed by atoms with van der Waals surface area (Å²) >= 11 is 0. The summed E-state index contributed by atoms with van der Waals surface area (Å²) in [6, 6.07) is 18.0. The van der Waals surface area contributed by atoms with Gasteiger partial charge in [-0.05, 0) is 41.7 Å². The van der Waals surface area contributed by atoms with Crippen LogP contribution in [0.15, 0.2) is 72.3 Å². The van der Waals surface area contributed by atoms with Crippen LogP contribution in [0.4, 0.5) is 0 Å². The van der Waals surface area contributed by atoms with Crippen LogP contribution in [0, 0.1) is 0 Å². The maximum atomic E-state index is 9.28. The first kappa shape index (κ1) is 11.8. The summed E-state index contributed by atoms with van der Waals surface area (Å²) in [6.07, 6.45) is 6.40. The molecule has 0 amide bonds. The highest BCUT2D eigenvalue weighted by Gasteiger charge is 2.10. The van der Waals surface area contributed by atoms with Crippen molar-refractivity contribution in [2.45, 2.75) is 12.8 Å². The topological polar surface area (TPSA) is 20.2 Å². The number of phenolic OH excluding ortho intramolecular Hbond substituents is 1. The Kier molecular flexibility index (Phi) is 3.20. The molecule has 2 aromatic rings. The molecule has 1 heteroatoms. The molecule has 0 atom stereocenters. The molecule has 1 aliphatic carbocycles. The molecule has 0 saturated heterocycles. The normalized spacial score (nSPS) is 14.1. The molecule has 3 rings (SSSR count). The van der Waals surface area contributed by atoms with E-state index in [-0.39, 0.29) is 0 Å². The first-order valence-corrected chi connectivity index (χ1v) is 6.53. The third-order valence-corrected chi connectivity index (χ3v) is 3.45. The Hall–Kier alpha value is -2.28. The van der Waals surface area contributed by atoms with Gasteiger partial charge in [-0.15, -0.1) is 0 Å². The van der Waals surface area contributed by atoms with Crippen molar-refractivity contribution in [1.82, 2.24) is 0 Å². The third-order valence-electron chi connectivity index (χ3n) is 3.45. The van der Waals surface area contributed by atoms with Gasteiger partial charge in [-0.25, -0.2) is 0 Å². The van der Waals surface area contributed by atoms with E-state index in [9.17, 15) is 5.11 Å². The molecule has 0 aliphatic heterocycles. The van der Waals surface area contributed by atoms with Crippen molar-refractivity contribution in [2.75, 3.05) is 0 Å². The molecule has 0 unspecified atom stereocenters. The number of phenols is 1. The van der Waals surface area contributed by atoms with Gasteiger partial charge in [0.15, 0.2) is 0 Å². The Morgan fingerprint density at radius 1 is 0.842 bits per heavy atom. The van der Waals surface area contributed by atoms with Crippen LogP contribution >= 0.6 is 0 Å². The summed E-state index contributed by atoms with van der Waals surface area (Å²) < 4.78 is 0. The molecule has 1 nitrogen and oxygen atoms in total. The van der Waals surface area contributed by atoms with Crippen LogP contribution in [0.1, 0.15) is 17.5 Å². The summed E-state index contributed by atoms with van der Waals surface area (Å²) in [7, 11) is 0. The van der Waals surface area contributed by atoms with Gasteiger partial charge in [0.05, 0.1) is 0 Å². The van der Waals surface area contributed by atoms with Gasteiger partial charge in [-0.3, -0.25) is 0 Å². The fourth-order valence-corrected chi connectivity index (χ4v) is 2.43.